The van der Waals surface area contributed by atoms with Crippen LogP contribution in [0.1, 0.15) is 95.5 Å². The minimum atomic E-state index is -5.29. The fourth-order valence-electron chi connectivity index (χ4n) is 9.74. The van der Waals surface area contributed by atoms with Crippen molar-refractivity contribution in [2.45, 2.75) is 171 Å². The van der Waals surface area contributed by atoms with E-state index >= 15 is 0 Å². The van der Waals surface area contributed by atoms with Crippen LogP contribution < -0.4 is 139 Å². The Hall–Kier alpha value is 0.360. The summed E-state index contributed by atoms with van der Waals surface area (Å²) >= 11 is 0. The van der Waals surface area contributed by atoms with E-state index in [-0.39, 0.29) is 169 Å². The van der Waals surface area contributed by atoms with Crippen molar-refractivity contribution in [2.24, 2.45) is 23.2 Å². The molecule has 6 unspecified atom stereocenters. The van der Waals surface area contributed by atoms with E-state index in [1.54, 1.807) is 6.92 Å². The smallest absolute Gasteiger partial charge is 0.726 e. The summed E-state index contributed by atoms with van der Waals surface area (Å²) < 4.78 is 108. The Morgan fingerprint density at radius 2 is 1.49 bits per heavy atom. The van der Waals surface area contributed by atoms with Crippen LogP contribution in [0, 0.1) is 30.1 Å². The number of rotatable bonds is 26. The van der Waals surface area contributed by atoms with Crippen molar-refractivity contribution < 1.29 is 226 Å². The minimum absolute atomic E-state index is 0. The van der Waals surface area contributed by atoms with Gasteiger partial charge in [-0.2, -0.15) is 6.42 Å². The number of carboxylic acid groups (broad SMARTS) is 1. The SMILES string of the molecule is [CH2-]CC(COS(=O)(=O)[O-])(COS(=O)(=O)[O-])Cn1cc(C(=O)NCCNC(=O)C2CC(CC)[C@@H](O[C@@H]3OC(C)[C@@H](O)[C@H](O)C3O)[C@H](O[C@@H]3O[C@@H](CO)[C@H](O)C(O[C@@H](CC4CCCCC4)C(=O)[O-])C3NC(C)=O)C2)nn1.[Na+].[Na+].[Na+].[Na+]. The Balaban J connectivity index is 0.00000760. The van der Waals surface area contributed by atoms with Gasteiger partial charge in [0.15, 0.2) is 18.3 Å². The average molecular weight is 1190 g/mol. The van der Waals surface area contributed by atoms with E-state index in [2.05, 4.69) is 41.6 Å². The molecule has 0 bridgehead atoms. The van der Waals surface area contributed by atoms with E-state index in [0.717, 1.165) is 49.9 Å². The largest absolute Gasteiger partial charge is 1.00 e. The number of aliphatic carboxylic acids is 1. The first-order valence-corrected chi connectivity index (χ1v) is 27.0. The summed E-state index contributed by atoms with van der Waals surface area (Å²) in [6.07, 6.45) is -12.3. The Morgan fingerprint density at radius 1 is 0.872 bits per heavy atom. The number of hydrogen-bond acceptors (Lipinski definition) is 25. The van der Waals surface area contributed by atoms with E-state index in [1.807, 2.05) is 0 Å². The van der Waals surface area contributed by atoms with Crippen molar-refractivity contribution >= 4 is 44.5 Å². The third kappa shape index (κ3) is 22.7. The van der Waals surface area contributed by atoms with Gasteiger partial charge in [-0.15, -0.1) is 5.10 Å². The van der Waals surface area contributed by atoms with Crippen LogP contribution in [0.4, 0.5) is 0 Å². The van der Waals surface area contributed by atoms with Gasteiger partial charge in [0.2, 0.25) is 32.6 Å². The number of amides is 3. The molecule has 2 saturated heterocycles. The number of nitrogens with zero attached hydrogens (tertiary/aromatic N) is 3. The molecule has 1 aromatic rings. The van der Waals surface area contributed by atoms with Crippen molar-refractivity contribution in [1.29, 1.82) is 0 Å². The van der Waals surface area contributed by atoms with Crippen LogP contribution in [0.15, 0.2) is 6.20 Å². The molecule has 2 saturated carbocycles. The molecule has 2 aliphatic heterocycles. The molecule has 8 N–H and O–H groups in total. The summed E-state index contributed by atoms with van der Waals surface area (Å²) in [5.74, 6) is -5.04. The topological polar surface area (TPSA) is 438 Å². The maximum Gasteiger partial charge on any atom is 1.00 e. The number of aliphatic hydroxyl groups is 5. The normalized spacial score (nSPS) is 30.2. The number of carbonyl (C=O) groups excluding carboxylic acids is 4. The van der Waals surface area contributed by atoms with Gasteiger partial charge in [-0.25, -0.2) is 16.8 Å². The van der Waals surface area contributed by atoms with Crippen LogP contribution in [-0.2, 0) is 73.8 Å². The molecule has 0 spiro atoms. The van der Waals surface area contributed by atoms with Crippen LogP contribution in [0.25, 0.3) is 0 Å². The predicted octanol–water partition coefficient (Wildman–Crippen LogP) is -16.6. The van der Waals surface area contributed by atoms with Crippen LogP contribution in [0.2, 0.25) is 0 Å². The molecule has 4 aliphatic rings. The summed E-state index contributed by atoms with van der Waals surface area (Å²) in [5.41, 5.74) is -2.04. The molecule has 0 radical (unpaired) electrons. The molecule has 5 rings (SSSR count). The van der Waals surface area contributed by atoms with Crippen molar-refractivity contribution in [3.8, 4) is 0 Å². The summed E-state index contributed by atoms with van der Waals surface area (Å²) in [6, 6.07) is -1.44. The second-order valence-corrected chi connectivity index (χ2v) is 21.4. The molecule has 3 amide bonds. The Kier molecular flexibility index (Phi) is 34.4. The third-order valence-corrected chi connectivity index (χ3v) is 14.7. The van der Waals surface area contributed by atoms with Gasteiger partial charge in [-0.05, 0) is 38.0 Å². The fourth-order valence-corrected chi connectivity index (χ4v) is 10.5. The molecular formula is C43H68N6Na4O23S2. The van der Waals surface area contributed by atoms with Gasteiger partial charge in [-0.3, -0.25) is 27.4 Å². The number of ether oxygens (including phenoxy) is 5. The number of nitrogens with one attached hydrogen (secondary N) is 3. The van der Waals surface area contributed by atoms with Crippen LogP contribution in [0.3, 0.4) is 0 Å². The molecule has 78 heavy (non-hydrogen) atoms. The van der Waals surface area contributed by atoms with Crippen molar-refractivity contribution in [1.82, 2.24) is 30.9 Å². The van der Waals surface area contributed by atoms with Crippen molar-refractivity contribution in [2.75, 3.05) is 32.9 Å². The van der Waals surface area contributed by atoms with Crippen molar-refractivity contribution in [3.63, 3.8) is 0 Å². The number of carboxylic acids is 1. The third-order valence-electron chi connectivity index (χ3n) is 13.8. The molecule has 3 heterocycles. The number of hydrogen-bond donors (Lipinski definition) is 8. The van der Waals surface area contributed by atoms with Gasteiger partial charge < -0.3 is 91.1 Å². The molecule has 35 heteroatoms. The van der Waals surface area contributed by atoms with Gasteiger partial charge in [0.1, 0.15) is 42.7 Å². The van der Waals surface area contributed by atoms with Crippen molar-refractivity contribution in [3.05, 3.63) is 18.8 Å². The summed E-state index contributed by atoms with van der Waals surface area (Å²) in [6.45, 7) is 4.38. The zero-order chi connectivity index (χ0) is 54.7. The first-order chi connectivity index (χ1) is 34.8. The van der Waals surface area contributed by atoms with E-state index < -0.39 is 168 Å². The molecule has 15 atom stereocenters. The summed E-state index contributed by atoms with van der Waals surface area (Å²) in [7, 11) is -10.6. The molecule has 0 aromatic carbocycles. The van der Waals surface area contributed by atoms with Gasteiger partial charge in [0.05, 0.1) is 62.9 Å². The quantitative estimate of drug-likeness (QED) is 0.0140. The van der Waals surface area contributed by atoms with Gasteiger partial charge >= 0.3 is 118 Å². The van der Waals surface area contributed by atoms with Crippen LogP contribution in [-0.4, -0.2) is 203 Å². The summed E-state index contributed by atoms with van der Waals surface area (Å²) in [5, 5.41) is 81.9. The first kappa shape index (κ1) is 76.4. The molecule has 1 aromatic heterocycles. The van der Waals surface area contributed by atoms with E-state index in [0.29, 0.717) is 6.42 Å². The second-order valence-electron chi connectivity index (χ2n) is 19.3. The first-order valence-electron chi connectivity index (χ1n) is 24.3. The average Bonchev–Trinajstić information content (AvgIpc) is 3.82. The Bertz CT molecular complexity index is 2220. The number of carbonyl (C=O) groups is 4. The summed E-state index contributed by atoms with van der Waals surface area (Å²) in [4.78, 5) is 52.4. The van der Waals surface area contributed by atoms with Gasteiger partial charge in [-0.1, -0.05) is 50.7 Å². The molecule has 2 aliphatic carbocycles. The monoisotopic (exact) mass is 1190 g/mol. The van der Waals surface area contributed by atoms with Crippen LogP contribution >= 0.6 is 0 Å². The predicted molar refractivity (Wildman–Crippen MR) is 242 cm³/mol. The fraction of sp³-hybridized carbons (Fsp3) is 0.837. The zero-order valence-electron chi connectivity index (χ0n) is 45.1. The van der Waals surface area contributed by atoms with Gasteiger partial charge in [0.25, 0.3) is 5.91 Å². The van der Waals surface area contributed by atoms with Crippen LogP contribution in [0.5, 0.6) is 0 Å². The Labute approximate surface area is 541 Å². The second kappa shape index (κ2) is 35.1. The zero-order valence-corrected chi connectivity index (χ0v) is 54.7. The number of aromatic nitrogens is 3. The van der Waals surface area contributed by atoms with E-state index in [1.165, 1.54) is 6.92 Å². The maximum absolute atomic E-state index is 14.0. The van der Waals surface area contributed by atoms with Gasteiger partial charge in [0, 0.05) is 31.3 Å². The van der Waals surface area contributed by atoms with E-state index in [9.17, 15) is 75.8 Å². The molecular weight excluding hydrogens is 1120 g/mol. The standard InChI is InChI=1S/C43H71N6O23S2.4Na/c1-5-25-15-26(38(56)44-12-13-45-39(57)27-17-49(48-47-27)19-43(6-2,20-66-73(60,61)62)21-67-74(63,64)65)16-28(36(25)72-42-35(55)34(54)32(52)22(3)68-42)70-41-31(46-23(4)51)37(33(53)30(18-50)71-41)69-29(40(58)59)14-24-10-8-7-9-11-24;;;;/h17,22,24-26,28-37,41-42,50,52-55H,2,5-16,18-21H2,1,3-4H3,(H,44,56)(H,45,57)(H,46,51)(H,58,59)(H,60,61,62)(H,63,64,65);;;;/q-1;4*+1/p-3/t22?,25?,26?,28-,29+,30+,31?,32-,33+,34+,35?,36-,37?,41-,42+;;;;/m1..../s1. The molecule has 29 nitrogen and oxygen atoms in total. The van der Waals surface area contributed by atoms with E-state index in [4.69, 9.17) is 23.7 Å². The molecule has 4 fully saturated rings. The Morgan fingerprint density at radius 3 is 2.04 bits per heavy atom. The maximum atomic E-state index is 14.0. The molecule has 424 valence electrons. The minimum Gasteiger partial charge on any atom is -0.726 e. The number of aliphatic hydroxyl groups excluding tert-OH is 5.